The number of benzene rings is 1. The molecule has 1 atom stereocenters. The molecule has 0 aliphatic carbocycles. The Morgan fingerprint density at radius 3 is 2.95 bits per heavy atom. The predicted octanol–water partition coefficient (Wildman–Crippen LogP) is 0.924. The summed E-state index contributed by atoms with van der Waals surface area (Å²) in [6.07, 6.45) is 0.850. The fourth-order valence-electron chi connectivity index (χ4n) is 2.08. The van der Waals surface area contributed by atoms with E-state index < -0.39 is 6.10 Å². The van der Waals surface area contributed by atoms with Crippen molar-refractivity contribution in [1.29, 1.82) is 0 Å². The molecule has 1 heterocycles. The van der Waals surface area contributed by atoms with Gasteiger partial charge in [-0.1, -0.05) is 6.07 Å². The van der Waals surface area contributed by atoms with E-state index in [4.69, 9.17) is 5.11 Å². The zero-order valence-electron chi connectivity index (χ0n) is 10.9. The van der Waals surface area contributed by atoms with Crippen LogP contribution in [0.15, 0.2) is 24.3 Å². The minimum atomic E-state index is -0.577. The number of carbonyl (C=O) groups is 2. The monoisotopic (exact) mass is 262 g/mol. The highest BCUT2D eigenvalue weighted by Gasteiger charge is 2.22. The van der Waals surface area contributed by atoms with E-state index in [0.717, 1.165) is 12.1 Å². The standard InChI is InChI=1S/C14H18N2O3/c1-10(17)9-15-14(19)11-4-2-5-12(8-11)16-7-3-6-13(16)18/h2,4-5,8,10,17H,3,6-7,9H2,1H3,(H,15,19). The SMILES string of the molecule is CC(O)CNC(=O)c1cccc(N2CCCC2=O)c1. The molecule has 0 saturated carbocycles. The Kier molecular flexibility index (Phi) is 4.16. The van der Waals surface area contributed by atoms with Crippen LogP contribution in [0.5, 0.6) is 0 Å². The van der Waals surface area contributed by atoms with Crippen LogP contribution in [0, 0.1) is 0 Å². The molecular weight excluding hydrogens is 244 g/mol. The highest BCUT2D eigenvalue weighted by molar-refractivity contribution is 5.99. The van der Waals surface area contributed by atoms with E-state index in [2.05, 4.69) is 5.32 Å². The second-order valence-electron chi connectivity index (χ2n) is 4.76. The van der Waals surface area contributed by atoms with E-state index >= 15 is 0 Å². The van der Waals surface area contributed by atoms with Crippen molar-refractivity contribution in [1.82, 2.24) is 5.32 Å². The van der Waals surface area contributed by atoms with Gasteiger partial charge in [0.15, 0.2) is 0 Å². The number of hydrogen-bond acceptors (Lipinski definition) is 3. The number of carbonyl (C=O) groups excluding carboxylic acids is 2. The number of anilines is 1. The molecule has 0 bridgehead atoms. The third-order valence-electron chi connectivity index (χ3n) is 3.05. The quantitative estimate of drug-likeness (QED) is 0.848. The summed E-state index contributed by atoms with van der Waals surface area (Å²) >= 11 is 0. The maximum atomic E-state index is 11.9. The molecule has 0 spiro atoms. The number of rotatable bonds is 4. The molecule has 5 heteroatoms. The van der Waals surface area contributed by atoms with E-state index in [0.29, 0.717) is 18.5 Å². The molecule has 1 aliphatic heterocycles. The molecule has 5 nitrogen and oxygen atoms in total. The van der Waals surface area contributed by atoms with Crippen LogP contribution in [0.25, 0.3) is 0 Å². The van der Waals surface area contributed by atoms with Crippen molar-refractivity contribution in [2.45, 2.75) is 25.9 Å². The molecule has 102 valence electrons. The van der Waals surface area contributed by atoms with Crippen molar-refractivity contribution in [2.24, 2.45) is 0 Å². The van der Waals surface area contributed by atoms with Gasteiger partial charge in [-0.25, -0.2) is 0 Å². The summed E-state index contributed by atoms with van der Waals surface area (Å²) in [6, 6.07) is 6.99. The number of aliphatic hydroxyl groups excluding tert-OH is 1. The van der Waals surface area contributed by atoms with Crippen LogP contribution in [0.2, 0.25) is 0 Å². The molecule has 1 fully saturated rings. The van der Waals surface area contributed by atoms with Gasteiger partial charge in [-0.2, -0.15) is 0 Å². The van der Waals surface area contributed by atoms with Crippen LogP contribution in [-0.4, -0.2) is 36.1 Å². The summed E-state index contributed by atoms with van der Waals surface area (Å²) in [7, 11) is 0. The zero-order valence-corrected chi connectivity index (χ0v) is 10.9. The first-order valence-corrected chi connectivity index (χ1v) is 6.44. The Morgan fingerprint density at radius 2 is 2.32 bits per heavy atom. The molecule has 2 N–H and O–H groups in total. The Bertz CT molecular complexity index is 485. The largest absolute Gasteiger partial charge is 0.392 e. The molecular formula is C14H18N2O3. The first kappa shape index (κ1) is 13.5. The number of amides is 2. The van der Waals surface area contributed by atoms with Crippen LogP contribution in [0.4, 0.5) is 5.69 Å². The van der Waals surface area contributed by atoms with E-state index in [9.17, 15) is 9.59 Å². The summed E-state index contributed by atoms with van der Waals surface area (Å²) in [6.45, 7) is 2.53. The number of aliphatic hydroxyl groups is 1. The number of nitrogens with one attached hydrogen (secondary N) is 1. The molecule has 2 amide bonds. The van der Waals surface area contributed by atoms with Gasteiger partial charge in [0.05, 0.1) is 6.10 Å². The van der Waals surface area contributed by atoms with Gasteiger partial charge in [0.1, 0.15) is 0 Å². The van der Waals surface area contributed by atoms with Crippen molar-refractivity contribution in [2.75, 3.05) is 18.0 Å². The summed E-state index contributed by atoms with van der Waals surface area (Å²) in [5.41, 5.74) is 1.25. The first-order valence-electron chi connectivity index (χ1n) is 6.44. The van der Waals surface area contributed by atoms with Gasteiger partial charge in [-0.05, 0) is 31.5 Å². The molecule has 1 unspecified atom stereocenters. The predicted molar refractivity (Wildman–Crippen MR) is 72.0 cm³/mol. The maximum absolute atomic E-state index is 11.9. The van der Waals surface area contributed by atoms with Crippen molar-refractivity contribution >= 4 is 17.5 Å². The Morgan fingerprint density at radius 1 is 1.53 bits per heavy atom. The molecule has 0 radical (unpaired) electrons. The zero-order chi connectivity index (χ0) is 13.8. The lowest BCUT2D eigenvalue weighted by Crippen LogP contribution is -2.31. The molecule has 1 aromatic rings. The molecule has 0 aromatic heterocycles. The second-order valence-corrected chi connectivity index (χ2v) is 4.76. The smallest absolute Gasteiger partial charge is 0.251 e. The lowest BCUT2D eigenvalue weighted by Gasteiger charge is -2.16. The lowest BCUT2D eigenvalue weighted by molar-refractivity contribution is -0.117. The van der Waals surface area contributed by atoms with E-state index in [1.807, 2.05) is 6.07 Å². The van der Waals surface area contributed by atoms with Gasteiger partial charge in [0.25, 0.3) is 5.91 Å². The average Bonchev–Trinajstić information content (AvgIpc) is 2.82. The Hall–Kier alpha value is -1.88. The molecule has 1 aliphatic rings. The minimum absolute atomic E-state index is 0.0986. The van der Waals surface area contributed by atoms with Gasteiger partial charge in [0, 0.05) is 30.8 Å². The number of hydrogen-bond donors (Lipinski definition) is 2. The van der Waals surface area contributed by atoms with Crippen LogP contribution >= 0.6 is 0 Å². The van der Waals surface area contributed by atoms with Gasteiger partial charge < -0.3 is 15.3 Å². The van der Waals surface area contributed by atoms with Gasteiger partial charge in [0.2, 0.25) is 5.91 Å². The number of nitrogens with zero attached hydrogens (tertiary/aromatic N) is 1. The topological polar surface area (TPSA) is 69.6 Å². The second kappa shape index (κ2) is 5.84. The van der Waals surface area contributed by atoms with Crippen LogP contribution < -0.4 is 10.2 Å². The maximum Gasteiger partial charge on any atom is 0.251 e. The summed E-state index contributed by atoms with van der Waals surface area (Å²) < 4.78 is 0. The summed E-state index contributed by atoms with van der Waals surface area (Å²) in [5.74, 6) is -0.143. The van der Waals surface area contributed by atoms with Crippen molar-refractivity contribution < 1.29 is 14.7 Å². The van der Waals surface area contributed by atoms with E-state index in [1.54, 1.807) is 30.0 Å². The minimum Gasteiger partial charge on any atom is -0.392 e. The van der Waals surface area contributed by atoms with Gasteiger partial charge in [-0.3, -0.25) is 9.59 Å². The fraction of sp³-hybridized carbons (Fsp3) is 0.429. The molecule has 1 saturated heterocycles. The van der Waals surface area contributed by atoms with Gasteiger partial charge in [-0.15, -0.1) is 0 Å². The highest BCUT2D eigenvalue weighted by atomic mass is 16.3. The third-order valence-corrected chi connectivity index (χ3v) is 3.05. The van der Waals surface area contributed by atoms with Crippen molar-refractivity contribution in [3.63, 3.8) is 0 Å². The molecule has 1 aromatic carbocycles. The van der Waals surface area contributed by atoms with Crippen LogP contribution in [0.1, 0.15) is 30.1 Å². The average molecular weight is 262 g/mol. The Balaban J connectivity index is 2.10. The normalized spacial score (nSPS) is 16.5. The van der Waals surface area contributed by atoms with E-state index in [-0.39, 0.29) is 18.4 Å². The van der Waals surface area contributed by atoms with E-state index in [1.165, 1.54) is 0 Å². The highest BCUT2D eigenvalue weighted by Crippen LogP contribution is 2.22. The summed E-state index contributed by atoms with van der Waals surface area (Å²) in [4.78, 5) is 25.2. The Labute approximate surface area is 112 Å². The molecule has 19 heavy (non-hydrogen) atoms. The van der Waals surface area contributed by atoms with Gasteiger partial charge >= 0.3 is 0 Å². The van der Waals surface area contributed by atoms with Crippen molar-refractivity contribution in [3.05, 3.63) is 29.8 Å². The van der Waals surface area contributed by atoms with Crippen LogP contribution in [-0.2, 0) is 4.79 Å². The molecule has 2 rings (SSSR count). The first-order chi connectivity index (χ1) is 9.08. The lowest BCUT2D eigenvalue weighted by atomic mass is 10.1. The third kappa shape index (κ3) is 3.32. The van der Waals surface area contributed by atoms with Crippen LogP contribution in [0.3, 0.4) is 0 Å². The summed E-state index contributed by atoms with van der Waals surface area (Å²) in [5, 5.41) is 11.8. The van der Waals surface area contributed by atoms with Crippen molar-refractivity contribution in [3.8, 4) is 0 Å². The fourth-order valence-corrected chi connectivity index (χ4v) is 2.08.